The maximum atomic E-state index is 11.6. The third kappa shape index (κ3) is 7.98. The molecule has 0 aliphatic rings. The van der Waals surface area contributed by atoms with Crippen LogP contribution in [-0.4, -0.2) is 13.7 Å². The Morgan fingerprint density at radius 2 is 0.410 bits per heavy atom. The molecule has 386 valence electrons. The largest absolute Gasteiger partial charge is 0.307 e. The second-order valence-corrected chi connectivity index (χ2v) is 21.6. The zero-order valence-electron chi connectivity index (χ0n) is 45.2. The van der Waals surface area contributed by atoms with Crippen LogP contribution in [0.3, 0.4) is 0 Å². The fourth-order valence-corrected chi connectivity index (χ4v) is 12.9. The summed E-state index contributed by atoms with van der Waals surface area (Å²) >= 11 is 0. The molecule has 0 aliphatic heterocycles. The second-order valence-electron chi connectivity index (χ2n) is 21.6. The van der Waals surface area contributed by atoms with Gasteiger partial charge in [0.15, 0.2) is 0 Å². The Labute approximate surface area is 480 Å². The zero-order chi connectivity index (χ0) is 55.0. The molecule has 0 spiro atoms. The smallest absolute Gasteiger partial charge is 0.0993 e. The molecule has 0 atom stereocenters. The van der Waals surface area contributed by atoms with E-state index < -0.39 is 0 Å². The van der Waals surface area contributed by atoms with Crippen molar-refractivity contribution in [3.8, 4) is 89.9 Å². The lowest BCUT2D eigenvalue weighted by Crippen LogP contribution is -2.10. The van der Waals surface area contributed by atoms with E-state index in [4.69, 9.17) is 0 Å². The maximum Gasteiger partial charge on any atom is 0.0993 e. The van der Waals surface area contributed by atoms with E-state index in [2.05, 4.69) is 323 Å². The number of rotatable bonds is 9. The normalized spacial score (nSPS) is 11.6. The van der Waals surface area contributed by atoms with Crippen LogP contribution in [-0.2, 0) is 0 Å². The summed E-state index contributed by atoms with van der Waals surface area (Å²) in [6, 6.07) is 112. The van der Waals surface area contributed by atoms with E-state index in [0.717, 1.165) is 149 Å². The molecule has 4 nitrogen and oxygen atoms in total. The highest BCUT2D eigenvalue weighted by Crippen LogP contribution is 2.47. The molecule has 0 radical (unpaired) electrons. The number of nitriles is 1. The van der Waals surface area contributed by atoms with Gasteiger partial charge in [-0.1, -0.05) is 218 Å². The average Bonchev–Trinajstić information content (AvgIpc) is 2.12. The van der Waals surface area contributed by atoms with Gasteiger partial charge in [0.2, 0.25) is 0 Å². The van der Waals surface area contributed by atoms with Crippen LogP contribution in [0.5, 0.6) is 0 Å². The molecule has 3 heterocycles. The molecule has 0 amide bonds. The first-order valence-electron chi connectivity index (χ1n) is 28.3. The van der Waals surface area contributed by atoms with Crippen LogP contribution in [0.2, 0.25) is 0 Å². The van der Waals surface area contributed by atoms with Crippen LogP contribution < -0.4 is 0 Å². The molecule has 0 N–H and O–H groups in total. The van der Waals surface area contributed by atoms with Crippen molar-refractivity contribution in [2.45, 2.75) is 0 Å². The number of hydrogen-bond acceptors (Lipinski definition) is 1. The van der Waals surface area contributed by atoms with Gasteiger partial charge in [-0.3, -0.25) is 0 Å². The Morgan fingerprint density at radius 1 is 0.205 bits per heavy atom. The number of hydrogen-bond donors (Lipinski definition) is 0. The highest BCUT2D eigenvalue weighted by Gasteiger charge is 2.27. The van der Waals surface area contributed by atoms with Crippen LogP contribution in [0, 0.1) is 11.3 Å². The van der Waals surface area contributed by atoms with Crippen molar-refractivity contribution in [1.82, 2.24) is 13.7 Å². The Balaban J connectivity index is 1.08. The molecule has 0 unspecified atom stereocenters. The molecule has 0 saturated carbocycles. The van der Waals surface area contributed by atoms with E-state index in [1.165, 1.54) is 0 Å². The topological polar surface area (TPSA) is 38.6 Å². The van der Waals surface area contributed by atoms with Crippen molar-refractivity contribution >= 4 is 65.4 Å². The highest BCUT2D eigenvalue weighted by atomic mass is 15.1. The van der Waals surface area contributed by atoms with Crippen molar-refractivity contribution in [3.63, 3.8) is 0 Å². The minimum Gasteiger partial charge on any atom is -0.307 e. The van der Waals surface area contributed by atoms with Crippen LogP contribution in [0.4, 0.5) is 0 Å². The fraction of sp³-hybridized carbons (Fsp3) is 0. The van der Waals surface area contributed by atoms with Gasteiger partial charge in [-0.05, 0) is 152 Å². The summed E-state index contributed by atoms with van der Waals surface area (Å²) in [6.45, 7) is 0. The quantitative estimate of drug-likeness (QED) is 0.142. The molecular formula is C79H50N4. The van der Waals surface area contributed by atoms with Gasteiger partial charge in [-0.25, -0.2) is 0 Å². The monoisotopic (exact) mass is 1050 g/mol. The third-order valence-electron chi connectivity index (χ3n) is 16.8. The lowest BCUT2D eigenvalue weighted by atomic mass is 10.0. The Hall–Kier alpha value is -11.3. The minimum atomic E-state index is 0.547. The highest BCUT2D eigenvalue weighted by molar-refractivity contribution is 6.16. The summed E-state index contributed by atoms with van der Waals surface area (Å²) in [5, 5.41) is 18.3. The molecule has 3 aromatic heterocycles. The van der Waals surface area contributed by atoms with Gasteiger partial charge in [0, 0.05) is 32.3 Å². The molecule has 4 heteroatoms. The van der Waals surface area contributed by atoms with Crippen LogP contribution >= 0.6 is 0 Å². The maximum absolute atomic E-state index is 11.6. The van der Waals surface area contributed by atoms with E-state index in [1.807, 2.05) is 0 Å². The van der Waals surface area contributed by atoms with Crippen molar-refractivity contribution in [2.24, 2.45) is 0 Å². The van der Waals surface area contributed by atoms with Crippen LogP contribution in [0.1, 0.15) is 5.56 Å². The predicted molar refractivity (Wildman–Crippen MR) is 347 cm³/mol. The van der Waals surface area contributed by atoms with Gasteiger partial charge in [0.05, 0.1) is 61.8 Å². The summed E-state index contributed by atoms with van der Waals surface area (Å²) in [5.74, 6) is 0. The molecule has 13 aromatic carbocycles. The van der Waals surface area contributed by atoms with Crippen LogP contribution in [0.25, 0.3) is 149 Å². The second kappa shape index (κ2) is 19.5. The summed E-state index contributed by atoms with van der Waals surface area (Å²) in [7, 11) is 0. The van der Waals surface area contributed by atoms with Gasteiger partial charge in [-0.15, -0.1) is 0 Å². The molecule has 0 aliphatic carbocycles. The Bertz CT molecular complexity index is 4710. The molecule has 16 rings (SSSR count). The number of benzene rings is 13. The zero-order valence-corrected chi connectivity index (χ0v) is 45.2. The molecular weight excluding hydrogens is 1000 g/mol. The SMILES string of the molecule is N#Cc1cc(-n2c3ccc(-c4ccccc4)cc3c3cc(-c4ccccc4)ccc32)c(-n2c3ccc(-c4ccccc4)cc3c3cc(-c4ccccc4)ccc32)c(-n2c3ccc(-c4ccccc4)cc3c3cc(-c4ccccc4)ccc32)c1. The summed E-state index contributed by atoms with van der Waals surface area (Å²) in [4.78, 5) is 0. The molecule has 0 bridgehead atoms. The molecule has 0 fully saturated rings. The summed E-state index contributed by atoms with van der Waals surface area (Å²) in [5.41, 5.74) is 23.2. The number of nitrogens with zero attached hydrogens (tertiary/aromatic N) is 4. The number of aromatic nitrogens is 3. The van der Waals surface area contributed by atoms with Crippen molar-refractivity contribution in [1.29, 1.82) is 5.26 Å². The third-order valence-corrected chi connectivity index (χ3v) is 16.8. The molecule has 16 aromatic rings. The van der Waals surface area contributed by atoms with E-state index in [1.54, 1.807) is 0 Å². The van der Waals surface area contributed by atoms with E-state index in [0.29, 0.717) is 5.56 Å². The Kier molecular flexibility index (Phi) is 11.2. The van der Waals surface area contributed by atoms with E-state index >= 15 is 0 Å². The summed E-state index contributed by atoms with van der Waals surface area (Å²) in [6.07, 6.45) is 0. The van der Waals surface area contributed by atoms with Gasteiger partial charge in [-0.2, -0.15) is 5.26 Å². The first kappa shape index (κ1) is 47.7. The van der Waals surface area contributed by atoms with E-state index in [-0.39, 0.29) is 0 Å². The number of fused-ring (bicyclic) bond motifs is 9. The Morgan fingerprint density at radius 3 is 0.614 bits per heavy atom. The summed E-state index contributed by atoms with van der Waals surface area (Å²) < 4.78 is 7.34. The van der Waals surface area contributed by atoms with Gasteiger partial charge in [0.25, 0.3) is 0 Å². The van der Waals surface area contributed by atoms with Crippen molar-refractivity contribution < 1.29 is 0 Å². The fourth-order valence-electron chi connectivity index (χ4n) is 12.9. The minimum absolute atomic E-state index is 0.547. The molecule has 83 heavy (non-hydrogen) atoms. The van der Waals surface area contributed by atoms with Gasteiger partial charge < -0.3 is 13.7 Å². The molecule has 0 saturated heterocycles. The van der Waals surface area contributed by atoms with Crippen LogP contribution in [0.15, 0.2) is 303 Å². The first-order valence-corrected chi connectivity index (χ1v) is 28.3. The van der Waals surface area contributed by atoms with Gasteiger partial charge >= 0.3 is 0 Å². The van der Waals surface area contributed by atoms with E-state index in [9.17, 15) is 5.26 Å². The first-order chi connectivity index (χ1) is 41.1. The van der Waals surface area contributed by atoms with Crippen molar-refractivity contribution in [3.05, 3.63) is 309 Å². The lowest BCUT2D eigenvalue weighted by Gasteiger charge is -2.23. The standard InChI is InChI=1S/C79H50N4/c80-51-52-43-77(81-71-37-31-59(53-19-7-1-8-20-53)45-65(71)66-46-60(32-38-72(66)81)54-21-9-2-10-22-54)79(83-75-41-35-63(57-27-15-5-16-28-57)49-69(75)70-50-64(36-42-76(70)83)58-29-17-6-18-30-58)78(44-52)82-73-39-33-61(55-23-11-3-12-24-55)47-67(73)68-48-62(34-40-74(68)82)56-25-13-4-14-26-56/h1-50H. The van der Waals surface area contributed by atoms with Gasteiger partial charge in [0.1, 0.15) is 0 Å². The average molecular weight is 1060 g/mol. The predicted octanol–water partition coefficient (Wildman–Crippen LogP) is 20.9. The lowest BCUT2D eigenvalue weighted by molar-refractivity contribution is 1.05. The van der Waals surface area contributed by atoms with Crippen molar-refractivity contribution in [2.75, 3.05) is 0 Å².